The van der Waals surface area contributed by atoms with Crippen molar-refractivity contribution in [1.29, 1.82) is 0 Å². The largest absolute Gasteiger partial charge is 0.503 e. The average molecular weight is 424 g/mol. The molecular weight excluding hydrogens is 394 g/mol. The van der Waals surface area contributed by atoms with Gasteiger partial charge in [0.15, 0.2) is 11.5 Å². The lowest BCUT2D eigenvalue weighted by molar-refractivity contribution is -0.130. The van der Waals surface area contributed by atoms with Gasteiger partial charge in [-0.2, -0.15) is 0 Å². The summed E-state index contributed by atoms with van der Waals surface area (Å²) in [5, 5.41) is 10.6. The summed E-state index contributed by atoms with van der Waals surface area (Å²) in [5.41, 5.74) is 1.75. The molecule has 2 aromatic carbocycles. The van der Waals surface area contributed by atoms with Gasteiger partial charge in [0.2, 0.25) is 0 Å². The van der Waals surface area contributed by atoms with Crippen molar-refractivity contribution in [2.75, 3.05) is 7.11 Å². The summed E-state index contributed by atoms with van der Waals surface area (Å²) in [7, 11) is 1.59. The molecule has 1 N–H and O–H groups in total. The topological polar surface area (TPSA) is 76.1 Å². The van der Waals surface area contributed by atoms with E-state index in [2.05, 4.69) is 0 Å². The summed E-state index contributed by atoms with van der Waals surface area (Å²) in [4.78, 5) is 27.5. The van der Waals surface area contributed by atoms with E-state index in [1.807, 2.05) is 62.4 Å². The van der Waals surface area contributed by atoms with E-state index >= 15 is 0 Å². The Morgan fingerprint density at radius 2 is 1.58 bits per heavy atom. The highest BCUT2D eigenvalue weighted by atomic mass is 16.5. The summed E-state index contributed by atoms with van der Waals surface area (Å²) in [6.07, 6.45) is 0.0347. The third kappa shape index (κ3) is 4.74. The lowest BCUT2D eigenvalue weighted by atomic mass is 9.91. The number of hydrogen-bond acceptors (Lipinski definition) is 5. The van der Waals surface area contributed by atoms with E-state index in [1.54, 1.807) is 21.0 Å². The van der Waals surface area contributed by atoms with E-state index in [4.69, 9.17) is 9.47 Å². The molecule has 0 aliphatic carbocycles. The molecule has 0 aromatic heterocycles. The number of Topliss-reactive ketones (excluding diaryl/α,β-unsaturated/α-hetero) is 1. The second-order valence-electron chi connectivity index (χ2n) is 8.20. The predicted octanol–water partition coefficient (Wildman–Crippen LogP) is 4.60. The van der Waals surface area contributed by atoms with Gasteiger partial charge in [-0.05, 0) is 49.2 Å². The number of ketones is 1. The van der Waals surface area contributed by atoms with E-state index < -0.39 is 17.7 Å². The Bertz CT molecular complexity index is 974. The van der Waals surface area contributed by atoms with Gasteiger partial charge in [0, 0.05) is 12.5 Å². The molecule has 1 heterocycles. The number of benzene rings is 2. The highest BCUT2D eigenvalue weighted by molar-refractivity contribution is 6.09. The minimum atomic E-state index is -0.669. The van der Waals surface area contributed by atoms with Crippen LogP contribution in [0.2, 0.25) is 0 Å². The van der Waals surface area contributed by atoms with Crippen LogP contribution in [0.25, 0.3) is 0 Å². The van der Waals surface area contributed by atoms with Gasteiger partial charge in [-0.25, -0.2) is 0 Å². The van der Waals surface area contributed by atoms with Gasteiger partial charge in [0.25, 0.3) is 5.91 Å². The van der Waals surface area contributed by atoms with Gasteiger partial charge < -0.3 is 19.5 Å². The third-order valence-electron chi connectivity index (χ3n) is 5.17. The van der Waals surface area contributed by atoms with E-state index in [0.717, 1.165) is 11.1 Å². The van der Waals surface area contributed by atoms with E-state index in [0.29, 0.717) is 11.5 Å². The van der Waals surface area contributed by atoms with Crippen LogP contribution >= 0.6 is 0 Å². The highest BCUT2D eigenvalue weighted by Gasteiger charge is 2.43. The molecule has 1 amide bonds. The Morgan fingerprint density at radius 3 is 2.10 bits per heavy atom. The van der Waals surface area contributed by atoms with Crippen LogP contribution in [0.1, 0.15) is 44.9 Å². The fourth-order valence-electron chi connectivity index (χ4n) is 3.65. The van der Waals surface area contributed by atoms with Crippen molar-refractivity contribution < 1.29 is 24.2 Å². The van der Waals surface area contributed by atoms with Gasteiger partial charge in [-0.15, -0.1) is 0 Å². The Labute approximate surface area is 183 Å². The molecule has 6 heteroatoms. The summed E-state index contributed by atoms with van der Waals surface area (Å²) in [6.45, 7) is 7.66. The molecule has 0 radical (unpaired) electrons. The number of rotatable bonds is 8. The first-order valence-electron chi connectivity index (χ1n) is 10.4. The zero-order valence-corrected chi connectivity index (χ0v) is 18.6. The highest BCUT2D eigenvalue weighted by Crippen LogP contribution is 2.40. The van der Waals surface area contributed by atoms with Gasteiger partial charge in [-0.1, -0.05) is 38.1 Å². The number of methoxy groups -OCH3 is 1. The van der Waals surface area contributed by atoms with E-state index in [-0.39, 0.29) is 29.9 Å². The molecule has 0 bridgehead atoms. The fraction of sp³-hybridized carbons (Fsp3) is 0.360. The van der Waals surface area contributed by atoms with Crippen LogP contribution in [0.15, 0.2) is 59.9 Å². The molecule has 0 spiro atoms. The number of nitrogens with zero attached hydrogens (tertiary/aromatic N) is 1. The van der Waals surface area contributed by atoms with Crippen LogP contribution in [0.3, 0.4) is 0 Å². The summed E-state index contributed by atoms with van der Waals surface area (Å²) < 4.78 is 10.9. The molecule has 1 atom stereocenters. The van der Waals surface area contributed by atoms with Crippen LogP contribution in [0.5, 0.6) is 11.5 Å². The van der Waals surface area contributed by atoms with Crippen LogP contribution in [-0.4, -0.2) is 34.9 Å². The maximum absolute atomic E-state index is 13.0. The molecule has 1 aliphatic rings. The first-order chi connectivity index (χ1) is 14.7. The maximum atomic E-state index is 13.0. The first kappa shape index (κ1) is 22.4. The molecule has 31 heavy (non-hydrogen) atoms. The zero-order valence-electron chi connectivity index (χ0n) is 18.6. The Morgan fingerprint density at radius 1 is 1.00 bits per heavy atom. The number of carbonyl (C=O) groups is 2. The molecule has 164 valence electrons. The number of aliphatic hydroxyl groups is 1. The van der Waals surface area contributed by atoms with E-state index in [9.17, 15) is 14.7 Å². The lowest BCUT2D eigenvalue weighted by Crippen LogP contribution is -2.31. The van der Waals surface area contributed by atoms with Crippen molar-refractivity contribution in [2.24, 2.45) is 5.92 Å². The summed E-state index contributed by atoms with van der Waals surface area (Å²) in [5.74, 6) is -0.195. The number of carbonyl (C=O) groups excluding carboxylic acids is 2. The first-order valence-corrected chi connectivity index (χ1v) is 10.4. The van der Waals surface area contributed by atoms with Crippen molar-refractivity contribution >= 4 is 11.7 Å². The van der Waals surface area contributed by atoms with E-state index in [1.165, 1.54) is 4.90 Å². The van der Waals surface area contributed by atoms with Crippen LogP contribution in [-0.2, 0) is 16.1 Å². The predicted molar refractivity (Wildman–Crippen MR) is 118 cm³/mol. The normalized spacial score (nSPS) is 16.4. The zero-order chi connectivity index (χ0) is 22.7. The number of amides is 1. The van der Waals surface area contributed by atoms with Crippen LogP contribution in [0, 0.1) is 5.92 Å². The minimum absolute atomic E-state index is 0.0347. The quantitative estimate of drug-likeness (QED) is 0.671. The fourth-order valence-corrected chi connectivity index (χ4v) is 3.65. The average Bonchev–Trinajstić information content (AvgIpc) is 2.98. The number of aliphatic hydroxyl groups excluding tert-OH is 1. The van der Waals surface area contributed by atoms with Crippen molar-refractivity contribution in [3.05, 3.63) is 71.0 Å². The standard InChI is InChI=1S/C25H29NO5/c1-15(2)23(27)21-22(18-8-12-20(13-9-18)31-16(3)4)26(25(29)24(21)28)14-17-6-10-19(30-5)11-7-17/h6-13,15-16,22,28H,14H2,1-5H3. The minimum Gasteiger partial charge on any atom is -0.503 e. The van der Waals surface area contributed by atoms with Gasteiger partial charge >= 0.3 is 0 Å². The van der Waals surface area contributed by atoms with Gasteiger partial charge in [0.05, 0.1) is 24.8 Å². The summed E-state index contributed by atoms with van der Waals surface area (Å²) >= 11 is 0. The van der Waals surface area contributed by atoms with Crippen molar-refractivity contribution in [2.45, 2.75) is 46.4 Å². The third-order valence-corrected chi connectivity index (χ3v) is 5.17. The van der Waals surface area contributed by atoms with Crippen molar-refractivity contribution in [3.63, 3.8) is 0 Å². The summed E-state index contributed by atoms with van der Waals surface area (Å²) in [6, 6.07) is 14.0. The molecule has 2 aromatic rings. The molecular formula is C25H29NO5. The van der Waals surface area contributed by atoms with Gasteiger partial charge in [-0.3, -0.25) is 9.59 Å². The Hall–Kier alpha value is -3.28. The van der Waals surface area contributed by atoms with Crippen molar-refractivity contribution in [1.82, 2.24) is 4.90 Å². The smallest absolute Gasteiger partial charge is 0.290 e. The molecule has 3 rings (SSSR count). The Balaban J connectivity index is 2.00. The van der Waals surface area contributed by atoms with Gasteiger partial charge in [0.1, 0.15) is 11.5 Å². The molecule has 0 fully saturated rings. The lowest BCUT2D eigenvalue weighted by Gasteiger charge is -2.27. The Kier molecular flexibility index (Phi) is 6.68. The second kappa shape index (κ2) is 9.25. The molecule has 0 saturated heterocycles. The molecule has 0 saturated carbocycles. The second-order valence-corrected chi connectivity index (χ2v) is 8.20. The molecule has 1 unspecified atom stereocenters. The molecule has 6 nitrogen and oxygen atoms in total. The van der Waals surface area contributed by atoms with Crippen molar-refractivity contribution in [3.8, 4) is 11.5 Å². The number of ether oxygens (including phenoxy) is 2. The number of hydrogen-bond donors (Lipinski definition) is 1. The maximum Gasteiger partial charge on any atom is 0.290 e. The van der Waals surface area contributed by atoms with Crippen LogP contribution < -0.4 is 9.47 Å². The monoisotopic (exact) mass is 423 g/mol. The van der Waals surface area contributed by atoms with Crippen LogP contribution in [0.4, 0.5) is 0 Å². The molecule has 1 aliphatic heterocycles. The SMILES string of the molecule is COc1ccc(CN2C(=O)C(O)=C(C(=O)C(C)C)C2c2ccc(OC(C)C)cc2)cc1.